The number of hydrogen-bond acceptors (Lipinski definition) is 4. The number of benzene rings is 1. The van der Waals surface area contributed by atoms with Crippen molar-refractivity contribution in [2.24, 2.45) is 0 Å². The monoisotopic (exact) mass is 346 g/mol. The lowest BCUT2D eigenvalue weighted by Gasteiger charge is -2.32. The van der Waals surface area contributed by atoms with Gasteiger partial charge in [0.2, 0.25) is 5.91 Å². The first-order chi connectivity index (χ1) is 11.3. The first-order valence-electron chi connectivity index (χ1n) is 7.81. The van der Waals surface area contributed by atoms with Crippen molar-refractivity contribution in [3.8, 4) is 0 Å². The number of aliphatic hydroxyl groups is 1. The predicted octanol–water partition coefficient (Wildman–Crippen LogP) is 2.56. The van der Waals surface area contributed by atoms with E-state index in [2.05, 4.69) is 15.0 Å². The largest absolute Gasteiger partial charge is 0.411 e. The van der Waals surface area contributed by atoms with Gasteiger partial charge < -0.3 is 20.1 Å². The topological polar surface area (TPSA) is 61.8 Å². The van der Waals surface area contributed by atoms with Crippen molar-refractivity contribution in [3.63, 3.8) is 0 Å². The molecule has 1 fully saturated rings. The van der Waals surface area contributed by atoms with Gasteiger partial charge in [-0.3, -0.25) is 4.79 Å². The maximum Gasteiger partial charge on any atom is 0.411 e. The SMILES string of the molecule is O=C(CCOCC(F)(F)F)Nc1ccccc1N1CCC(O)CC1. The number of hydrogen-bond donors (Lipinski definition) is 2. The van der Waals surface area contributed by atoms with E-state index in [4.69, 9.17) is 0 Å². The number of nitrogens with one attached hydrogen (secondary N) is 1. The van der Waals surface area contributed by atoms with Gasteiger partial charge in [-0.15, -0.1) is 0 Å². The number of alkyl halides is 3. The number of carbonyl (C=O) groups is 1. The second-order valence-corrected chi connectivity index (χ2v) is 5.70. The molecule has 0 aromatic heterocycles. The molecule has 1 amide bonds. The molecule has 8 heteroatoms. The number of para-hydroxylation sites is 2. The van der Waals surface area contributed by atoms with E-state index in [9.17, 15) is 23.1 Å². The molecule has 2 rings (SSSR count). The summed E-state index contributed by atoms with van der Waals surface area (Å²) in [7, 11) is 0. The molecule has 1 aromatic rings. The van der Waals surface area contributed by atoms with Gasteiger partial charge in [0.15, 0.2) is 0 Å². The third-order valence-electron chi connectivity index (χ3n) is 3.72. The molecule has 1 aliphatic heterocycles. The minimum Gasteiger partial charge on any atom is -0.393 e. The van der Waals surface area contributed by atoms with Crippen LogP contribution in [0.4, 0.5) is 24.5 Å². The molecule has 24 heavy (non-hydrogen) atoms. The fourth-order valence-electron chi connectivity index (χ4n) is 2.53. The van der Waals surface area contributed by atoms with Crippen LogP contribution in [0.25, 0.3) is 0 Å². The summed E-state index contributed by atoms with van der Waals surface area (Å²) in [5, 5.41) is 12.3. The molecule has 5 nitrogen and oxygen atoms in total. The summed E-state index contributed by atoms with van der Waals surface area (Å²) in [6, 6.07) is 7.24. The molecule has 0 saturated carbocycles. The summed E-state index contributed by atoms with van der Waals surface area (Å²) in [6.07, 6.45) is -3.51. The molecule has 0 spiro atoms. The standard InChI is InChI=1S/C16H21F3N2O3/c17-16(18,19)11-24-10-7-15(23)20-13-3-1-2-4-14(13)21-8-5-12(22)6-9-21/h1-4,12,22H,5-11H2,(H,20,23). The second-order valence-electron chi connectivity index (χ2n) is 5.70. The van der Waals surface area contributed by atoms with E-state index in [1.165, 1.54) is 0 Å². The minimum absolute atomic E-state index is 0.150. The summed E-state index contributed by atoms with van der Waals surface area (Å²) in [4.78, 5) is 14.0. The van der Waals surface area contributed by atoms with Crippen molar-refractivity contribution < 1.29 is 27.8 Å². The van der Waals surface area contributed by atoms with Crippen molar-refractivity contribution in [2.45, 2.75) is 31.5 Å². The Hall–Kier alpha value is -1.80. The summed E-state index contributed by atoms with van der Waals surface area (Å²) >= 11 is 0. The highest BCUT2D eigenvalue weighted by Crippen LogP contribution is 2.28. The Bertz CT molecular complexity index is 544. The molecule has 0 atom stereocenters. The molecule has 2 N–H and O–H groups in total. The average molecular weight is 346 g/mol. The molecule has 0 bridgehead atoms. The van der Waals surface area contributed by atoms with Gasteiger partial charge in [0.05, 0.1) is 30.5 Å². The van der Waals surface area contributed by atoms with Crippen LogP contribution < -0.4 is 10.2 Å². The van der Waals surface area contributed by atoms with E-state index < -0.39 is 18.7 Å². The van der Waals surface area contributed by atoms with Gasteiger partial charge in [-0.05, 0) is 25.0 Å². The van der Waals surface area contributed by atoms with Gasteiger partial charge in [-0.2, -0.15) is 13.2 Å². The Labute approximate surface area is 138 Å². The highest BCUT2D eigenvalue weighted by atomic mass is 19.4. The van der Waals surface area contributed by atoms with E-state index in [1.54, 1.807) is 12.1 Å². The zero-order valence-corrected chi connectivity index (χ0v) is 13.2. The first-order valence-corrected chi connectivity index (χ1v) is 7.81. The number of rotatable bonds is 6. The highest BCUT2D eigenvalue weighted by Gasteiger charge is 2.27. The van der Waals surface area contributed by atoms with Crippen LogP contribution in [0.5, 0.6) is 0 Å². The fourth-order valence-corrected chi connectivity index (χ4v) is 2.53. The predicted molar refractivity (Wildman–Crippen MR) is 84.0 cm³/mol. The van der Waals surface area contributed by atoms with Gasteiger partial charge in [-0.1, -0.05) is 12.1 Å². The number of anilines is 2. The average Bonchev–Trinajstić information content (AvgIpc) is 2.52. The van der Waals surface area contributed by atoms with Crippen LogP contribution >= 0.6 is 0 Å². The molecule has 1 heterocycles. The van der Waals surface area contributed by atoms with Gasteiger partial charge >= 0.3 is 6.18 Å². The third-order valence-corrected chi connectivity index (χ3v) is 3.72. The first kappa shape index (κ1) is 18.5. The molecule has 0 unspecified atom stereocenters. The maximum absolute atomic E-state index is 12.0. The summed E-state index contributed by atoms with van der Waals surface area (Å²) in [5.41, 5.74) is 1.45. The number of amides is 1. The molecule has 1 aliphatic rings. The number of carbonyl (C=O) groups excluding carboxylic acids is 1. The number of halogens is 3. The fraction of sp³-hybridized carbons (Fsp3) is 0.562. The zero-order valence-electron chi connectivity index (χ0n) is 13.2. The Morgan fingerprint density at radius 1 is 1.29 bits per heavy atom. The molecule has 0 aliphatic carbocycles. The smallest absolute Gasteiger partial charge is 0.393 e. The van der Waals surface area contributed by atoms with Crippen LogP contribution in [0.1, 0.15) is 19.3 Å². The summed E-state index contributed by atoms with van der Waals surface area (Å²) < 4.78 is 40.3. The van der Waals surface area contributed by atoms with Crippen molar-refractivity contribution in [3.05, 3.63) is 24.3 Å². The van der Waals surface area contributed by atoms with E-state index in [0.717, 1.165) is 5.69 Å². The number of ether oxygens (including phenoxy) is 1. The van der Waals surface area contributed by atoms with Crippen LogP contribution in [0, 0.1) is 0 Å². The van der Waals surface area contributed by atoms with Crippen molar-refractivity contribution in [1.29, 1.82) is 0 Å². The number of piperidine rings is 1. The number of aliphatic hydroxyl groups excluding tert-OH is 1. The van der Waals surface area contributed by atoms with E-state index >= 15 is 0 Å². The minimum atomic E-state index is -4.39. The van der Waals surface area contributed by atoms with Crippen LogP contribution in [-0.2, 0) is 9.53 Å². The molecular weight excluding hydrogens is 325 g/mol. The number of nitrogens with zero attached hydrogens (tertiary/aromatic N) is 1. The highest BCUT2D eigenvalue weighted by molar-refractivity contribution is 5.94. The Balaban J connectivity index is 1.87. The molecule has 1 aromatic carbocycles. The molecule has 134 valence electrons. The lowest BCUT2D eigenvalue weighted by molar-refractivity contribution is -0.174. The van der Waals surface area contributed by atoms with Crippen molar-refractivity contribution in [1.82, 2.24) is 0 Å². The normalized spacial score (nSPS) is 16.2. The lowest BCUT2D eigenvalue weighted by Crippen LogP contribution is -2.36. The van der Waals surface area contributed by atoms with E-state index in [1.807, 2.05) is 12.1 Å². The Kier molecular flexibility index (Phi) is 6.44. The quantitative estimate of drug-likeness (QED) is 0.777. The summed E-state index contributed by atoms with van der Waals surface area (Å²) in [5.74, 6) is -0.401. The second kappa shape index (κ2) is 8.34. The molecule has 0 radical (unpaired) electrons. The van der Waals surface area contributed by atoms with Crippen LogP contribution in [0.3, 0.4) is 0 Å². The molecule has 1 saturated heterocycles. The van der Waals surface area contributed by atoms with E-state index in [0.29, 0.717) is 31.6 Å². The van der Waals surface area contributed by atoms with Crippen LogP contribution in [0.15, 0.2) is 24.3 Å². The Morgan fingerprint density at radius 2 is 1.96 bits per heavy atom. The molecular formula is C16H21F3N2O3. The lowest BCUT2D eigenvalue weighted by atomic mass is 10.1. The third kappa shape index (κ3) is 6.01. The van der Waals surface area contributed by atoms with Crippen molar-refractivity contribution in [2.75, 3.05) is 36.5 Å². The van der Waals surface area contributed by atoms with Crippen molar-refractivity contribution >= 4 is 17.3 Å². The van der Waals surface area contributed by atoms with Gasteiger partial charge in [-0.25, -0.2) is 0 Å². The Morgan fingerprint density at radius 3 is 2.62 bits per heavy atom. The van der Waals surface area contributed by atoms with Crippen LogP contribution in [-0.4, -0.2) is 49.6 Å². The van der Waals surface area contributed by atoms with Gasteiger partial charge in [0.1, 0.15) is 6.61 Å². The zero-order chi connectivity index (χ0) is 17.6. The summed E-state index contributed by atoms with van der Waals surface area (Å²) in [6.45, 7) is -0.276. The van der Waals surface area contributed by atoms with E-state index in [-0.39, 0.29) is 19.1 Å². The van der Waals surface area contributed by atoms with Crippen LogP contribution in [0.2, 0.25) is 0 Å². The van der Waals surface area contributed by atoms with Gasteiger partial charge in [0, 0.05) is 13.1 Å². The maximum atomic E-state index is 12.0. The van der Waals surface area contributed by atoms with Gasteiger partial charge in [0.25, 0.3) is 0 Å².